The smallest absolute Gasteiger partial charge is 0.241 e. The molecule has 0 amide bonds. The molecule has 1 aromatic heterocycles. The van der Waals surface area contributed by atoms with Crippen molar-refractivity contribution in [2.45, 2.75) is 31.2 Å². The molecule has 1 aromatic carbocycles. The van der Waals surface area contributed by atoms with Crippen LogP contribution in [0.3, 0.4) is 0 Å². The Kier molecular flexibility index (Phi) is 4.07. The van der Waals surface area contributed by atoms with Crippen LogP contribution in [-0.2, 0) is 10.0 Å². The fourth-order valence-electron chi connectivity index (χ4n) is 2.07. The lowest BCUT2D eigenvalue weighted by molar-refractivity contribution is 0.564. The van der Waals surface area contributed by atoms with Crippen molar-refractivity contribution < 1.29 is 8.42 Å². The maximum Gasteiger partial charge on any atom is 0.241 e. The fraction of sp³-hybridized carbons (Fsp3) is 0.267. The van der Waals surface area contributed by atoms with Gasteiger partial charge in [-0.1, -0.05) is 6.07 Å². The van der Waals surface area contributed by atoms with Crippen LogP contribution in [0.15, 0.2) is 35.4 Å². The van der Waals surface area contributed by atoms with Gasteiger partial charge in [-0.15, -0.1) is 12.3 Å². The van der Waals surface area contributed by atoms with Gasteiger partial charge in [0, 0.05) is 24.0 Å². The van der Waals surface area contributed by atoms with E-state index in [1.807, 2.05) is 6.92 Å². The molecular weight excluding hydrogens is 272 g/mol. The first-order valence-electron chi connectivity index (χ1n) is 6.26. The highest BCUT2D eigenvalue weighted by molar-refractivity contribution is 7.89. The molecule has 0 fully saturated rings. The molecule has 0 radical (unpaired) electrons. The van der Waals surface area contributed by atoms with Gasteiger partial charge in [0.05, 0.1) is 10.4 Å². The van der Waals surface area contributed by atoms with Crippen LogP contribution in [0.4, 0.5) is 0 Å². The van der Waals surface area contributed by atoms with Crippen LogP contribution in [0.5, 0.6) is 0 Å². The van der Waals surface area contributed by atoms with Crippen LogP contribution in [0.25, 0.3) is 10.9 Å². The Labute approximate surface area is 119 Å². The van der Waals surface area contributed by atoms with E-state index in [0.29, 0.717) is 17.3 Å². The molecule has 104 valence electrons. The summed E-state index contributed by atoms with van der Waals surface area (Å²) in [5, 5.41) is 0.618. The zero-order valence-electron chi connectivity index (χ0n) is 11.4. The minimum Gasteiger partial charge on any atom is -0.256 e. The number of terminal acetylenes is 1. The summed E-state index contributed by atoms with van der Waals surface area (Å²) in [5.74, 6) is 2.45. The van der Waals surface area contributed by atoms with Crippen LogP contribution in [0.2, 0.25) is 0 Å². The molecule has 2 aromatic rings. The van der Waals surface area contributed by atoms with Gasteiger partial charge in [-0.3, -0.25) is 4.98 Å². The average Bonchev–Trinajstić information content (AvgIpc) is 2.38. The van der Waals surface area contributed by atoms with Crippen molar-refractivity contribution in [3.05, 3.63) is 36.0 Å². The molecule has 2 rings (SSSR count). The van der Waals surface area contributed by atoms with Gasteiger partial charge in [0.15, 0.2) is 0 Å². The molecule has 1 atom stereocenters. The second kappa shape index (κ2) is 5.61. The Morgan fingerprint density at radius 3 is 2.85 bits per heavy atom. The summed E-state index contributed by atoms with van der Waals surface area (Å²) in [4.78, 5) is 4.48. The van der Waals surface area contributed by atoms with E-state index in [-0.39, 0.29) is 10.9 Å². The minimum absolute atomic E-state index is 0.232. The number of nitrogens with one attached hydrogen (secondary N) is 1. The van der Waals surface area contributed by atoms with E-state index < -0.39 is 10.0 Å². The molecular formula is C15H16N2O2S. The summed E-state index contributed by atoms with van der Waals surface area (Å²) in [6, 6.07) is 6.54. The first-order chi connectivity index (χ1) is 9.45. The number of hydrogen-bond acceptors (Lipinski definition) is 3. The summed E-state index contributed by atoms with van der Waals surface area (Å²) < 4.78 is 27.5. The topological polar surface area (TPSA) is 59.1 Å². The number of fused-ring (bicyclic) bond motifs is 1. The monoisotopic (exact) mass is 288 g/mol. The van der Waals surface area contributed by atoms with Crippen molar-refractivity contribution >= 4 is 20.9 Å². The summed E-state index contributed by atoms with van der Waals surface area (Å²) in [5.41, 5.74) is 1.64. The van der Waals surface area contributed by atoms with Crippen LogP contribution in [0.1, 0.15) is 18.9 Å². The number of sulfonamides is 1. The average molecular weight is 288 g/mol. The van der Waals surface area contributed by atoms with Crippen LogP contribution in [-0.4, -0.2) is 19.4 Å². The van der Waals surface area contributed by atoms with Gasteiger partial charge in [0.1, 0.15) is 0 Å². The van der Waals surface area contributed by atoms with E-state index in [4.69, 9.17) is 6.42 Å². The van der Waals surface area contributed by atoms with E-state index in [9.17, 15) is 8.42 Å². The molecule has 0 aliphatic rings. The van der Waals surface area contributed by atoms with E-state index in [1.54, 1.807) is 37.4 Å². The highest BCUT2D eigenvalue weighted by atomic mass is 32.2. The fourth-order valence-corrected chi connectivity index (χ4v) is 3.51. The Balaban J connectivity index is 2.53. The number of aryl methyl sites for hydroxylation is 1. The SMILES string of the molecule is C#CCC(C)NS(=O)(=O)c1ccc(C)c2ncccc12. The van der Waals surface area contributed by atoms with Crippen molar-refractivity contribution in [3.63, 3.8) is 0 Å². The molecule has 0 saturated carbocycles. The minimum atomic E-state index is -3.61. The molecule has 0 bridgehead atoms. The van der Waals surface area contributed by atoms with E-state index in [2.05, 4.69) is 15.6 Å². The van der Waals surface area contributed by atoms with E-state index in [0.717, 1.165) is 5.56 Å². The normalized spacial score (nSPS) is 13.1. The van der Waals surface area contributed by atoms with Gasteiger partial charge >= 0.3 is 0 Å². The number of nitrogens with zero attached hydrogens (tertiary/aromatic N) is 1. The number of aromatic nitrogens is 1. The van der Waals surface area contributed by atoms with Gasteiger partial charge in [0.25, 0.3) is 0 Å². The maximum atomic E-state index is 12.4. The van der Waals surface area contributed by atoms with Crippen molar-refractivity contribution in [2.24, 2.45) is 0 Å². The lowest BCUT2D eigenvalue weighted by Gasteiger charge is -2.14. The number of pyridine rings is 1. The van der Waals surface area contributed by atoms with Crippen LogP contribution >= 0.6 is 0 Å². The van der Waals surface area contributed by atoms with E-state index in [1.165, 1.54) is 0 Å². The molecule has 0 spiro atoms. The first-order valence-corrected chi connectivity index (χ1v) is 7.74. The Bertz CT molecular complexity index is 776. The number of hydrogen-bond donors (Lipinski definition) is 1. The van der Waals surface area contributed by atoms with Crippen LogP contribution < -0.4 is 4.72 Å². The molecule has 1 unspecified atom stereocenters. The second-order valence-corrected chi connectivity index (χ2v) is 6.39. The molecule has 0 aliphatic heterocycles. The number of benzene rings is 1. The Morgan fingerprint density at radius 1 is 1.40 bits per heavy atom. The molecule has 5 heteroatoms. The van der Waals surface area contributed by atoms with Gasteiger partial charge in [-0.2, -0.15) is 0 Å². The Morgan fingerprint density at radius 2 is 2.15 bits per heavy atom. The molecule has 0 aliphatic carbocycles. The van der Waals surface area contributed by atoms with Gasteiger partial charge in [-0.05, 0) is 37.6 Å². The van der Waals surface area contributed by atoms with Gasteiger partial charge in [-0.25, -0.2) is 13.1 Å². The molecule has 1 heterocycles. The Hall–Kier alpha value is -1.90. The summed E-state index contributed by atoms with van der Waals surface area (Å²) in [6.45, 7) is 3.65. The molecule has 4 nitrogen and oxygen atoms in total. The highest BCUT2D eigenvalue weighted by Crippen LogP contribution is 2.24. The predicted octanol–water partition coefficient (Wildman–Crippen LogP) is 2.23. The third-order valence-electron chi connectivity index (χ3n) is 3.00. The van der Waals surface area contributed by atoms with Crippen molar-refractivity contribution in [1.29, 1.82) is 0 Å². The third kappa shape index (κ3) is 2.82. The first kappa shape index (κ1) is 14.5. The second-order valence-electron chi connectivity index (χ2n) is 4.71. The molecule has 20 heavy (non-hydrogen) atoms. The van der Waals surface area contributed by atoms with Crippen LogP contribution in [0, 0.1) is 19.3 Å². The van der Waals surface area contributed by atoms with E-state index >= 15 is 0 Å². The third-order valence-corrected chi connectivity index (χ3v) is 4.65. The summed E-state index contributed by atoms with van der Waals surface area (Å²) >= 11 is 0. The van der Waals surface area contributed by atoms with Crippen molar-refractivity contribution in [1.82, 2.24) is 9.71 Å². The zero-order valence-corrected chi connectivity index (χ0v) is 12.2. The van der Waals surface area contributed by atoms with Gasteiger partial charge in [0.2, 0.25) is 10.0 Å². The standard InChI is InChI=1S/C15H16N2O2S/c1-4-6-12(3)17-20(18,19)14-9-8-11(2)15-13(14)7-5-10-16-15/h1,5,7-10,12,17H,6H2,2-3H3. The quantitative estimate of drug-likeness (QED) is 0.878. The maximum absolute atomic E-state index is 12.4. The highest BCUT2D eigenvalue weighted by Gasteiger charge is 2.20. The summed E-state index contributed by atoms with van der Waals surface area (Å²) in [6.07, 6.45) is 7.20. The summed E-state index contributed by atoms with van der Waals surface area (Å²) in [7, 11) is -3.61. The number of rotatable bonds is 4. The van der Waals surface area contributed by atoms with Crippen molar-refractivity contribution in [2.75, 3.05) is 0 Å². The lowest BCUT2D eigenvalue weighted by Crippen LogP contribution is -2.32. The zero-order chi connectivity index (χ0) is 14.8. The van der Waals surface area contributed by atoms with Gasteiger partial charge < -0.3 is 0 Å². The lowest BCUT2D eigenvalue weighted by atomic mass is 10.1. The largest absolute Gasteiger partial charge is 0.256 e. The molecule has 0 saturated heterocycles. The van der Waals surface area contributed by atoms with Crippen molar-refractivity contribution in [3.8, 4) is 12.3 Å². The predicted molar refractivity (Wildman–Crippen MR) is 79.7 cm³/mol. The molecule has 1 N–H and O–H groups in total.